The van der Waals surface area contributed by atoms with E-state index in [1.807, 2.05) is 0 Å². The maximum Gasteiger partial charge on any atom is 0.418 e. The molecule has 178 valence electrons. The molecule has 0 saturated carbocycles. The second kappa shape index (κ2) is 10.1. The Morgan fingerprint density at radius 1 is 1.09 bits per heavy atom. The normalized spacial score (nSPS) is 11.6. The number of aryl methyl sites for hydroxylation is 1. The Bertz CT molecular complexity index is 1230. The van der Waals surface area contributed by atoms with E-state index in [4.69, 9.17) is 10.8 Å². The summed E-state index contributed by atoms with van der Waals surface area (Å²) in [5, 5.41) is 9.04. The molecule has 0 aliphatic rings. The third-order valence-electron chi connectivity index (χ3n) is 4.61. The van der Waals surface area contributed by atoms with Crippen molar-refractivity contribution in [2.24, 2.45) is 0 Å². The number of carbonyl (C=O) groups is 1. The zero-order valence-electron chi connectivity index (χ0n) is 18.1. The van der Waals surface area contributed by atoms with Gasteiger partial charge in [-0.2, -0.15) is 13.2 Å². The Morgan fingerprint density at radius 3 is 2.15 bits per heavy atom. The lowest BCUT2D eigenvalue weighted by atomic mass is 10.1. The van der Waals surface area contributed by atoms with Crippen LogP contribution in [0.1, 0.15) is 34.2 Å². The maximum atomic E-state index is 13.0. The van der Waals surface area contributed by atoms with Crippen molar-refractivity contribution in [1.82, 2.24) is 9.29 Å². The molecule has 11 heteroatoms. The molecule has 33 heavy (non-hydrogen) atoms. The predicted molar refractivity (Wildman–Crippen MR) is 118 cm³/mol. The fraction of sp³-hybridized carbons (Fsp3) is 0.227. The highest BCUT2D eigenvalue weighted by atomic mass is 32.2. The average Bonchev–Trinajstić information content (AvgIpc) is 3.02. The fourth-order valence-electron chi connectivity index (χ4n) is 3.17. The van der Waals surface area contributed by atoms with Gasteiger partial charge in [-0.1, -0.05) is 31.2 Å². The molecule has 1 aromatic heterocycles. The number of halogens is 3. The van der Waals surface area contributed by atoms with E-state index in [0.717, 1.165) is 6.07 Å². The van der Waals surface area contributed by atoms with Crippen LogP contribution in [0.2, 0.25) is 0 Å². The van der Waals surface area contributed by atoms with Crippen LogP contribution in [0.5, 0.6) is 0 Å². The first-order chi connectivity index (χ1) is 15.3. The number of carboxylic acid groups (broad SMARTS) is 1. The minimum Gasteiger partial charge on any atom is -0.699 e. The summed E-state index contributed by atoms with van der Waals surface area (Å²) in [5.41, 5.74) is 7.34. The van der Waals surface area contributed by atoms with Gasteiger partial charge < -0.3 is 15.4 Å². The van der Waals surface area contributed by atoms with Gasteiger partial charge in [0.2, 0.25) is 10.0 Å². The highest BCUT2D eigenvalue weighted by Gasteiger charge is 2.34. The van der Waals surface area contributed by atoms with Gasteiger partial charge in [0.05, 0.1) is 21.7 Å². The predicted octanol–water partition coefficient (Wildman–Crippen LogP) is 5.48. The van der Waals surface area contributed by atoms with Crippen LogP contribution in [0, 0.1) is 13.8 Å². The first-order valence-corrected chi connectivity index (χ1v) is 11.2. The van der Waals surface area contributed by atoms with Crippen molar-refractivity contribution < 1.29 is 31.5 Å². The van der Waals surface area contributed by atoms with Crippen LogP contribution < -0.4 is 4.72 Å². The van der Waals surface area contributed by atoms with Crippen molar-refractivity contribution in [3.63, 3.8) is 0 Å². The molecule has 0 unspecified atom stereocenters. The number of aromatic nitrogens is 1. The summed E-state index contributed by atoms with van der Waals surface area (Å²) < 4.78 is 65.5. The van der Waals surface area contributed by atoms with E-state index >= 15 is 0 Å². The number of alkyl halides is 3. The van der Waals surface area contributed by atoms with E-state index in [9.17, 15) is 26.4 Å². The van der Waals surface area contributed by atoms with Gasteiger partial charge in [-0.15, -0.1) is 5.69 Å². The van der Waals surface area contributed by atoms with Crippen LogP contribution in [0.15, 0.2) is 59.5 Å². The summed E-state index contributed by atoms with van der Waals surface area (Å²) in [6, 6.07) is 12.2. The molecule has 0 atom stereocenters. The molecule has 3 aromatic rings. The molecule has 1 heterocycles. The number of carboxylic acids is 1. The Labute approximate surface area is 189 Å². The maximum absolute atomic E-state index is 13.0. The first-order valence-electron chi connectivity index (χ1n) is 9.69. The van der Waals surface area contributed by atoms with Crippen molar-refractivity contribution in [2.45, 2.75) is 31.8 Å². The fourth-order valence-corrected chi connectivity index (χ4v) is 4.21. The van der Waals surface area contributed by atoms with Crippen molar-refractivity contribution in [3.8, 4) is 5.69 Å². The molecule has 3 N–H and O–H groups in total. The molecular formula is C22H23F3N3O4S-. The van der Waals surface area contributed by atoms with E-state index in [0.29, 0.717) is 17.9 Å². The first kappa shape index (κ1) is 25.9. The van der Waals surface area contributed by atoms with E-state index in [1.54, 1.807) is 13.8 Å². The molecule has 0 saturated heterocycles. The number of sulfonamides is 1. The van der Waals surface area contributed by atoms with Crippen LogP contribution in [0.4, 0.5) is 18.9 Å². The molecule has 0 spiro atoms. The highest BCUT2D eigenvalue weighted by Crippen LogP contribution is 2.35. The van der Waals surface area contributed by atoms with Crippen molar-refractivity contribution in [2.75, 3.05) is 6.54 Å². The van der Waals surface area contributed by atoms with Gasteiger partial charge in [0.15, 0.2) is 0 Å². The van der Waals surface area contributed by atoms with E-state index in [1.165, 1.54) is 60.0 Å². The third-order valence-corrected chi connectivity index (χ3v) is 6.17. The van der Waals surface area contributed by atoms with Crippen molar-refractivity contribution >= 4 is 21.7 Å². The van der Waals surface area contributed by atoms with Gasteiger partial charge in [0, 0.05) is 17.9 Å². The van der Waals surface area contributed by atoms with Crippen LogP contribution in [-0.4, -0.2) is 30.6 Å². The molecule has 0 aliphatic heterocycles. The Hall–Kier alpha value is -3.31. The average molecular weight is 483 g/mol. The minimum atomic E-state index is -4.50. The summed E-state index contributed by atoms with van der Waals surface area (Å²) in [7, 11) is -3.36. The Balaban J connectivity index is 0.000000257. The Kier molecular flexibility index (Phi) is 7.93. The van der Waals surface area contributed by atoms with Gasteiger partial charge in [0.25, 0.3) is 0 Å². The molecule has 0 fully saturated rings. The van der Waals surface area contributed by atoms with Crippen molar-refractivity contribution in [3.05, 3.63) is 82.8 Å². The molecule has 0 amide bonds. The number of rotatable bonds is 5. The Morgan fingerprint density at radius 2 is 1.67 bits per heavy atom. The smallest absolute Gasteiger partial charge is 0.418 e. The van der Waals surface area contributed by atoms with Gasteiger partial charge in [0.1, 0.15) is 0 Å². The van der Waals surface area contributed by atoms with Crippen LogP contribution in [-0.2, 0) is 16.2 Å². The zero-order valence-corrected chi connectivity index (χ0v) is 18.9. The lowest BCUT2D eigenvalue weighted by Crippen LogP contribution is -2.22. The van der Waals surface area contributed by atoms with Gasteiger partial charge in [-0.05, 0) is 44.2 Å². The largest absolute Gasteiger partial charge is 0.699 e. The third kappa shape index (κ3) is 6.14. The van der Waals surface area contributed by atoms with Gasteiger partial charge >= 0.3 is 12.1 Å². The van der Waals surface area contributed by atoms with Crippen LogP contribution in [0.3, 0.4) is 0 Å². The lowest BCUT2D eigenvalue weighted by molar-refractivity contribution is -0.137. The number of hydrogen-bond acceptors (Lipinski definition) is 3. The van der Waals surface area contributed by atoms with Crippen LogP contribution >= 0.6 is 0 Å². The summed E-state index contributed by atoms with van der Waals surface area (Å²) in [5.74, 6) is -1.16. The van der Waals surface area contributed by atoms with E-state index in [2.05, 4.69) is 4.72 Å². The quantitative estimate of drug-likeness (QED) is 0.501. The molecular weight excluding hydrogens is 459 g/mol. The summed E-state index contributed by atoms with van der Waals surface area (Å²) in [6.07, 6.45) is -4.50. The SMILES string of the molecule is CCNS(=O)(=O)c1ccc([NH-])cc1.Cc1cc(C(=O)O)c(C)n1-c1ccccc1C(F)(F)F. The molecule has 0 bridgehead atoms. The number of hydrogen-bond donors (Lipinski definition) is 2. The molecule has 0 aliphatic carbocycles. The summed E-state index contributed by atoms with van der Waals surface area (Å²) in [4.78, 5) is 11.3. The molecule has 2 aromatic carbocycles. The number of nitrogens with zero attached hydrogens (tertiary/aromatic N) is 1. The van der Waals surface area contributed by atoms with E-state index in [-0.39, 0.29) is 21.8 Å². The monoisotopic (exact) mass is 482 g/mol. The molecule has 0 radical (unpaired) electrons. The minimum absolute atomic E-state index is 0.000484. The van der Waals surface area contributed by atoms with Gasteiger partial charge in [-0.25, -0.2) is 17.9 Å². The topological polar surface area (TPSA) is 112 Å². The standard InChI is InChI=1S/C14H12F3NO2.C8H11N2O2S/c1-8-7-10(13(19)20)9(2)18(8)12-6-4-3-5-11(12)14(15,16)17;1-2-10-13(11,12)8-5-3-7(9)4-6-8/h3-7H,1-2H3,(H,19,20);3-6,9-10H,2H2,1H3/q;-1. The zero-order chi connectivity index (χ0) is 25.0. The highest BCUT2D eigenvalue weighted by molar-refractivity contribution is 7.89. The second-order valence-corrected chi connectivity index (χ2v) is 8.73. The molecule has 3 rings (SSSR count). The number of para-hydroxylation sites is 1. The number of benzene rings is 2. The van der Waals surface area contributed by atoms with Gasteiger partial charge in [-0.3, -0.25) is 0 Å². The van der Waals surface area contributed by atoms with E-state index < -0.39 is 27.7 Å². The lowest BCUT2D eigenvalue weighted by Gasteiger charge is -2.16. The van der Waals surface area contributed by atoms with Crippen molar-refractivity contribution in [1.29, 1.82) is 0 Å². The number of nitrogens with one attached hydrogen (secondary N) is 2. The van der Waals surface area contributed by atoms with Crippen LogP contribution in [0.25, 0.3) is 11.4 Å². The number of aromatic carboxylic acids is 1. The summed E-state index contributed by atoms with van der Waals surface area (Å²) >= 11 is 0. The molecule has 7 nitrogen and oxygen atoms in total. The summed E-state index contributed by atoms with van der Waals surface area (Å²) in [6.45, 7) is 5.15. The second-order valence-electron chi connectivity index (χ2n) is 6.97.